The first-order valence-corrected chi connectivity index (χ1v) is 11.2. The van der Waals surface area contributed by atoms with Crippen LogP contribution in [0.4, 0.5) is 5.69 Å². The Kier molecular flexibility index (Phi) is 7.33. The van der Waals surface area contributed by atoms with Crippen molar-refractivity contribution in [3.8, 4) is 0 Å². The molecule has 6 nitrogen and oxygen atoms in total. The first kappa shape index (κ1) is 21.5. The van der Waals surface area contributed by atoms with Crippen molar-refractivity contribution >= 4 is 17.5 Å². The fourth-order valence-corrected chi connectivity index (χ4v) is 4.31. The Morgan fingerprint density at radius 2 is 1.68 bits per heavy atom. The number of carbonyl (C=O) groups excluding carboxylic acids is 2. The molecule has 2 aromatic carbocycles. The molecule has 1 N–H and O–H groups in total. The van der Waals surface area contributed by atoms with Crippen molar-refractivity contribution in [1.82, 2.24) is 10.2 Å². The van der Waals surface area contributed by atoms with Gasteiger partial charge in [0.2, 0.25) is 11.8 Å². The molecular formula is C25H31N3O3. The van der Waals surface area contributed by atoms with Crippen molar-refractivity contribution in [3.05, 3.63) is 65.7 Å². The number of anilines is 1. The van der Waals surface area contributed by atoms with Crippen molar-refractivity contribution < 1.29 is 14.3 Å². The minimum absolute atomic E-state index is 0.168. The van der Waals surface area contributed by atoms with Crippen LogP contribution in [-0.4, -0.2) is 56.0 Å². The Balaban J connectivity index is 1.17. The van der Waals surface area contributed by atoms with Gasteiger partial charge in [-0.05, 0) is 36.1 Å². The third-order valence-electron chi connectivity index (χ3n) is 6.15. The van der Waals surface area contributed by atoms with E-state index < -0.39 is 0 Å². The molecule has 31 heavy (non-hydrogen) atoms. The molecule has 0 bridgehead atoms. The highest BCUT2D eigenvalue weighted by Gasteiger charge is 2.28. The summed E-state index contributed by atoms with van der Waals surface area (Å²) in [6, 6.07) is 18.6. The molecule has 0 radical (unpaired) electrons. The van der Waals surface area contributed by atoms with Crippen LogP contribution in [0.2, 0.25) is 0 Å². The number of piperidine rings is 1. The van der Waals surface area contributed by atoms with Gasteiger partial charge in [0.25, 0.3) is 0 Å². The number of amides is 2. The standard InChI is InChI=1S/C25H31N3O3/c29-24-12-11-23(25(30)26-24)21-7-9-22(10-8-21)28-16-14-27(15-17-28)13-4-18-31-19-20-5-2-1-3-6-20/h1-3,5-10,23H,4,11-19H2,(H,26,29,30). The zero-order valence-corrected chi connectivity index (χ0v) is 18.0. The molecule has 0 spiro atoms. The van der Waals surface area contributed by atoms with Gasteiger partial charge >= 0.3 is 0 Å². The number of carbonyl (C=O) groups is 2. The van der Waals surface area contributed by atoms with Crippen molar-refractivity contribution in [3.63, 3.8) is 0 Å². The van der Waals surface area contributed by atoms with Crippen LogP contribution < -0.4 is 10.2 Å². The Bertz CT molecular complexity index is 861. The van der Waals surface area contributed by atoms with Crippen LogP contribution in [0.25, 0.3) is 0 Å². The SMILES string of the molecule is O=C1CCC(c2ccc(N3CCN(CCCOCc4ccccc4)CC3)cc2)C(=O)N1. The summed E-state index contributed by atoms with van der Waals surface area (Å²) in [6.45, 7) is 6.64. The molecule has 164 valence electrons. The zero-order valence-electron chi connectivity index (χ0n) is 18.0. The molecule has 1 atom stereocenters. The van der Waals surface area contributed by atoms with Gasteiger partial charge in [-0.3, -0.25) is 19.8 Å². The maximum atomic E-state index is 12.1. The van der Waals surface area contributed by atoms with E-state index in [4.69, 9.17) is 4.74 Å². The van der Waals surface area contributed by atoms with Crippen LogP contribution in [-0.2, 0) is 20.9 Å². The largest absolute Gasteiger partial charge is 0.377 e. The predicted molar refractivity (Wildman–Crippen MR) is 121 cm³/mol. The lowest BCUT2D eigenvalue weighted by atomic mass is 9.90. The van der Waals surface area contributed by atoms with E-state index in [1.54, 1.807) is 0 Å². The first-order chi connectivity index (χ1) is 15.2. The number of benzene rings is 2. The lowest BCUT2D eigenvalue weighted by Gasteiger charge is -2.36. The molecule has 2 fully saturated rings. The summed E-state index contributed by atoms with van der Waals surface area (Å²) in [5.41, 5.74) is 3.41. The van der Waals surface area contributed by atoms with Gasteiger partial charge in [0, 0.05) is 51.4 Å². The Hall–Kier alpha value is -2.70. The summed E-state index contributed by atoms with van der Waals surface area (Å²) in [6.07, 6.45) is 2.06. The van der Waals surface area contributed by atoms with Crippen molar-refractivity contribution in [2.24, 2.45) is 0 Å². The smallest absolute Gasteiger partial charge is 0.234 e. The summed E-state index contributed by atoms with van der Waals surface area (Å²) >= 11 is 0. The van der Waals surface area contributed by atoms with Gasteiger partial charge in [0.05, 0.1) is 12.5 Å². The maximum Gasteiger partial charge on any atom is 0.234 e. The second-order valence-corrected chi connectivity index (χ2v) is 8.32. The van der Waals surface area contributed by atoms with Gasteiger partial charge in [0.1, 0.15) is 0 Å². The lowest BCUT2D eigenvalue weighted by molar-refractivity contribution is -0.134. The summed E-state index contributed by atoms with van der Waals surface area (Å²) in [7, 11) is 0. The number of hydrogen-bond acceptors (Lipinski definition) is 5. The van der Waals surface area contributed by atoms with E-state index in [1.807, 2.05) is 30.3 Å². The average molecular weight is 422 g/mol. The third-order valence-corrected chi connectivity index (χ3v) is 6.15. The van der Waals surface area contributed by atoms with Crippen molar-refractivity contribution in [2.45, 2.75) is 31.8 Å². The highest BCUT2D eigenvalue weighted by atomic mass is 16.5. The Labute approximate surface area is 184 Å². The van der Waals surface area contributed by atoms with Gasteiger partial charge < -0.3 is 9.64 Å². The number of ether oxygens (including phenoxy) is 1. The van der Waals surface area contributed by atoms with Crippen LogP contribution in [0.15, 0.2) is 54.6 Å². The van der Waals surface area contributed by atoms with E-state index in [-0.39, 0.29) is 17.7 Å². The molecule has 1 unspecified atom stereocenters. The Morgan fingerprint density at radius 3 is 2.39 bits per heavy atom. The number of piperazine rings is 1. The molecule has 4 rings (SSSR count). The van der Waals surface area contributed by atoms with Crippen LogP contribution in [0, 0.1) is 0 Å². The predicted octanol–water partition coefficient (Wildman–Crippen LogP) is 2.94. The topological polar surface area (TPSA) is 61.9 Å². The van der Waals surface area contributed by atoms with Crippen molar-refractivity contribution in [1.29, 1.82) is 0 Å². The quantitative estimate of drug-likeness (QED) is 0.525. The van der Waals surface area contributed by atoms with Gasteiger partial charge in [-0.1, -0.05) is 42.5 Å². The van der Waals surface area contributed by atoms with Gasteiger partial charge in [-0.15, -0.1) is 0 Å². The molecule has 2 aromatic rings. The lowest BCUT2D eigenvalue weighted by Crippen LogP contribution is -2.46. The zero-order chi connectivity index (χ0) is 21.5. The fraction of sp³-hybridized carbons (Fsp3) is 0.440. The number of rotatable bonds is 8. The number of imide groups is 1. The summed E-state index contributed by atoms with van der Waals surface area (Å²) in [5.74, 6) is -0.559. The Morgan fingerprint density at radius 1 is 0.935 bits per heavy atom. The molecule has 2 amide bonds. The minimum atomic E-state index is -0.215. The maximum absolute atomic E-state index is 12.1. The summed E-state index contributed by atoms with van der Waals surface area (Å²) in [5, 5.41) is 2.44. The van der Waals surface area contributed by atoms with Crippen LogP contribution in [0.3, 0.4) is 0 Å². The molecule has 6 heteroatoms. The molecule has 0 aliphatic carbocycles. The van der Waals surface area contributed by atoms with E-state index in [2.05, 4.69) is 39.4 Å². The van der Waals surface area contributed by atoms with E-state index in [1.165, 1.54) is 11.3 Å². The second-order valence-electron chi connectivity index (χ2n) is 8.32. The molecule has 2 aliphatic heterocycles. The minimum Gasteiger partial charge on any atom is -0.377 e. The molecule has 2 aliphatic rings. The summed E-state index contributed by atoms with van der Waals surface area (Å²) in [4.78, 5) is 28.3. The second kappa shape index (κ2) is 10.6. The van der Waals surface area contributed by atoms with Gasteiger partial charge in [0.15, 0.2) is 0 Å². The number of hydrogen-bond donors (Lipinski definition) is 1. The van der Waals surface area contributed by atoms with E-state index in [9.17, 15) is 9.59 Å². The van der Waals surface area contributed by atoms with E-state index in [0.717, 1.165) is 51.3 Å². The molecule has 0 saturated carbocycles. The van der Waals surface area contributed by atoms with Crippen LogP contribution in [0.1, 0.15) is 36.3 Å². The van der Waals surface area contributed by atoms with Crippen LogP contribution in [0.5, 0.6) is 0 Å². The normalized spacial score (nSPS) is 20.0. The van der Waals surface area contributed by atoms with Crippen LogP contribution >= 0.6 is 0 Å². The highest BCUT2D eigenvalue weighted by Crippen LogP contribution is 2.27. The first-order valence-electron chi connectivity index (χ1n) is 11.2. The number of nitrogens with one attached hydrogen (secondary N) is 1. The fourth-order valence-electron chi connectivity index (χ4n) is 4.31. The highest BCUT2D eigenvalue weighted by molar-refractivity contribution is 6.00. The van der Waals surface area contributed by atoms with Gasteiger partial charge in [-0.25, -0.2) is 0 Å². The molecular weight excluding hydrogens is 390 g/mol. The average Bonchev–Trinajstić information content (AvgIpc) is 2.80. The van der Waals surface area contributed by atoms with Crippen molar-refractivity contribution in [2.75, 3.05) is 44.2 Å². The number of nitrogens with zero attached hydrogens (tertiary/aromatic N) is 2. The molecule has 2 saturated heterocycles. The summed E-state index contributed by atoms with van der Waals surface area (Å²) < 4.78 is 5.79. The monoisotopic (exact) mass is 421 g/mol. The third kappa shape index (κ3) is 5.93. The van der Waals surface area contributed by atoms with E-state index in [0.29, 0.717) is 19.4 Å². The molecule has 0 aromatic heterocycles. The van der Waals surface area contributed by atoms with E-state index >= 15 is 0 Å². The van der Waals surface area contributed by atoms with Gasteiger partial charge in [-0.2, -0.15) is 0 Å². The molecule has 2 heterocycles.